The minimum Gasteiger partial charge on any atom is -0.465 e. The van der Waals surface area contributed by atoms with Gasteiger partial charge in [-0.25, -0.2) is 14.4 Å². The molecule has 0 aliphatic heterocycles. The van der Waals surface area contributed by atoms with Gasteiger partial charge < -0.3 is 20.1 Å². The molecule has 160 valence electrons. The molecule has 0 atom stereocenters. The maximum atomic E-state index is 12.7. The van der Waals surface area contributed by atoms with Gasteiger partial charge >= 0.3 is 24.1 Å². The van der Waals surface area contributed by atoms with E-state index in [0.29, 0.717) is 5.56 Å². The number of benzene rings is 2. The molecule has 0 aromatic heterocycles. The maximum absolute atomic E-state index is 12.7. The van der Waals surface area contributed by atoms with Gasteiger partial charge in [-0.2, -0.15) is 13.2 Å². The Morgan fingerprint density at radius 1 is 0.933 bits per heavy atom. The molecule has 10 heteroatoms. The van der Waals surface area contributed by atoms with Crippen LogP contribution in [0.1, 0.15) is 31.8 Å². The first-order valence-electron chi connectivity index (χ1n) is 8.66. The van der Waals surface area contributed by atoms with Gasteiger partial charge in [0.15, 0.2) is 0 Å². The van der Waals surface area contributed by atoms with Crippen molar-refractivity contribution >= 4 is 23.7 Å². The second-order valence-electron chi connectivity index (χ2n) is 6.11. The number of nitrogens with one attached hydrogen (secondary N) is 2. The minimum atomic E-state index is -4.44. The van der Waals surface area contributed by atoms with Gasteiger partial charge in [-0.1, -0.05) is 18.2 Å². The number of hydrogen-bond acceptors (Lipinski definition) is 5. The number of anilines is 1. The Balaban J connectivity index is 2.02. The van der Waals surface area contributed by atoms with E-state index in [-0.39, 0.29) is 29.8 Å². The van der Waals surface area contributed by atoms with Gasteiger partial charge in [-0.3, -0.25) is 0 Å². The van der Waals surface area contributed by atoms with Crippen molar-refractivity contribution in [3.63, 3.8) is 0 Å². The number of esters is 2. The average Bonchev–Trinajstić information content (AvgIpc) is 2.71. The molecular weight excluding hydrogens is 405 g/mol. The van der Waals surface area contributed by atoms with E-state index in [1.54, 1.807) is 0 Å². The first-order valence-corrected chi connectivity index (χ1v) is 8.66. The Bertz CT molecular complexity index is 910. The van der Waals surface area contributed by atoms with E-state index in [0.717, 1.165) is 12.1 Å². The molecule has 2 N–H and O–H groups in total. The molecule has 0 spiro atoms. The summed E-state index contributed by atoms with van der Waals surface area (Å²) in [6, 6.07) is 8.02. The van der Waals surface area contributed by atoms with E-state index in [9.17, 15) is 27.6 Å². The lowest BCUT2D eigenvalue weighted by Crippen LogP contribution is -2.30. The molecular formula is C20H19F3N2O5. The van der Waals surface area contributed by atoms with E-state index in [2.05, 4.69) is 20.1 Å². The zero-order chi connectivity index (χ0) is 22.3. The summed E-state index contributed by atoms with van der Waals surface area (Å²) in [5.41, 5.74) is -0.167. The fourth-order valence-corrected chi connectivity index (χ4v) is 2.57. The summed E-state index contributed by atoms with van der Waals surface area (Å²) in [6.07, 6.45) is -4.27. The second kappa shape index (κ2) is 9.77. The van der Waals surface area contributed by atoms with Crippen LogP contribution < -0.4 is 10.6 Å². The normalized spacial score (nSPS) is 10.8. The molecule has 2 rings (SSSR count). The largest absolute Gasteiger partial charge is 0.465 e. The summed E-state index contributed by atoms with van der Waals surface area (Å²) < 4.78 is 47.5. The van der Waals surface area contributed by atoms with Crippen molar-refractivity contribution in [2.24, 2.45) is 0 Å². The van der Waals surface area contributed by atoms with E-state index in [1.165, 1.54) is 44.6 Å². The van der Waals surface area contributed by atoms with Crippen molar-refractivity contribution < 1.29 is 37.0 Å². The van der Waals surface area contributed by atoms with Crippen molar-refractivity contribution in [2.75, 3.05) is 26.1 Å². The molecule has 7 nitrogen and oxygen atoms in total. The van der Waals surface area contributed by atoms with Gasteiger partial charge in [-0.05, 0) is 36.2 Å². The minimum absolute atomic E-state index is 0.0275. The first-order chi connectivity index (χ1) is 14.1. The summed E-state index contributed by atoms with van der Waals surface area (Å²) in [5, 5.41) is 4.96. The Kier molecular flexibility index (Phi) is 7.40. The fourth-order valence-electron chi connectivity index (χ4n) is 2.57. The molecule has 0 saturated heterocycles. The number of carbonyl (C=O) groups excluding carboxylic acids is 3. The van der Waals surface area contributed by atoms with Crippen LogP contribution in [0.2, 0.25) is 0 Å². The van der Waals surface area contributed by atoms with Gasteiger partial charge in [0.05, 0.1) is 30.9 Å². The highest BCUT2D eigenvalue weighted by atomic mass is 19.4. The van der Waals surface area contributed by atoms with Crippen molar-refractivity contribution in [1.29, 1.82) is 0 Å². The summed E-state index contributed by atoms with van der Waals surface area (Å²) in [4.78, 5) is 35.6. The highest BCUT2D eigenvalue weighted by Gasteiger charge is 2.30. The van der Waals surface area contributed by atoms with Gasteiger partial charge in [0.1, 0.15) is 0 Å². The van der Waals surface area contributed by atoms with Crippen molar-refractivity contribution in [2.45, 2.75) is 12.6 Å². The lowest BCUT2D eigenvalue weighted by molar-refractivity contribution is -0.137. The predicted molar refractivity (Wildman–Crippen MR) is 101 cm³/mol. The van der Waals surface area contributed by atoms with Crippen molar-refractivity contribution in [3.8, 4) is 0 Å². The number of carbonyl (C=O) groups is 3. The Morgan fingerprint density at radius 3 is 2.07 bits per heavy atom. The number of methoxy groups -OCH3 is 2. The van der Waals surface area contributed by atoms with Crippen LogP contribution >= 0.6 is 0 Å². The number of halogens is 3. The Hall–Kier alpha value is -3.56. The molecule has 0 aliphatic carbocycles. The Morgan fingerprint density at radius 2 is 1.53 bits per heavy atom. The van der Waals surface area contributed by atoms with Crippen LogP contribution in [0.25, 0.3) is 0 Å². The molecule has 0 bridgehead atoms. The van der Waals surface area contributed by atoms with Crippen molar-refractivity contribution in [1.82, 2.24) is 5.32 Å². The third-order valence-electron chi connectivity index (χ3n) is 3.99. The zero-order valence-corrected chi connectivity index (χ0v) is 16.1. The maximum Gasteiger partial charge on any atom is 0.416 e. The standard InChI is InChI=1S/C20H19F3N2O5/c1-29-17(26)13-9-14(18(27)30-2)11-16(10-13)25-19(28)24-7-6-12-4-3-5-15(8-12)20(21,22)23/h3-5,8-11H,6-7H2,1-2H3,(H2,24,25,28). The van der Waals surface area contributed by atoms with Crippen molar-refractivity contribution in [3.05, 3.63) is 64.7 Å². The van der Waals surface area contributed by atoms with E-state index in [4.69, 9.17) is 0 Å². The predicted octanol–water partition coefficient (Wildman–Crippen LogP) is 3.64. The van der Waals surface area contributed by atoms with Crippen LogP contribution in [-0.2, 0) is 22.1 Å². The Labute approximate surface area is 170 Å². The van der Waals surface area contributed by atoms with Crippen LogP contribution in [0.5, 0.6) is 0 Å². The number of alkyl halides is 3. The molecule has 0 saturated carbocycles. The fraction of sp³-hybridized carbons (Fsp3) is 0.250. The van der Waals surface area contributed by atoms with E-state index >= 15 is 0 Å². The number of hydrogen-bond donors (Lipinski definition) is 2. The summed E-state index contributed by atoms with van der Waals surface area (Å²) in [6.45, 7) is 0.0632. The highest BCUT2D eigenvalue weighted by molar-refractivity contribution is 5.99. The van der Waals surface area contributed by atoms with Crippen LogP contribution in [-0.4, -0.2) is 38.7 Å². The smallest absolute Gasteiger partial charge is 0.416 e. The first kappa shape index (κ1) is 22.7. The third kappa shape index (κ3) is 6.23. The molecule has 2 amide bonds. The van der Waals surface area contributed by atoms with E-state index in [1.807, 2.05) is 0 Å². The molecule has 0 unspecified atom stereocenters. The lowest BCUT2D eigenvalue weighted by Gasteiger charge is -2.11. The average molecular weight is 424 g/mol. The molecule has 0 radical (unpaired) electrons. The SMILES string of the molecule is COC(=O)c1cc(NC(=O)NCCc2cccc(C(F)(F)F)c2)cc(C(=O)OC)c1. The van der Waals surface area contributed by atoms with Crippen LogP contribution in [0.3, 0.4) is 0 Å². The van der Waals surface area contributed by atoms with Crippen LogP contribution in [0, 0.1) is 0 Å². The highest BCUT2D eigenvalue weighted by Crippen LogP contribution is 2.29. The number of ether oxygens (including phenoxy) is 2. The number of urea groups is 1. The molecule has 2 aromatic rings. The molecule has 0 heterocycles. The number of rotatable bonds is 6. The zero-order valence-electron chi connectivity index (χ0n) is 16.1. The quantitative estimate of drug-likeness (QED) is 0.691. The van der Waals surface area contributed by atoms with E-state index < -0.39 is 29.7 Å². The summed E-state index contributed by atoms with van der Waals surface area (Å²) in [7, 11) is 2.33. The second-order valence-corrected chi connectivity index (χ2v) is 6.11. The lowest BCUT2D eigenvalue weighted by atomic mass is 10.1. The summed E-state index contributed by atoms with van der Waals surface area (Å²) in [5.74, 6) is -1.43. The van der Waals surface area contributed by atoms with Crippen LogP contribution in [0.4, 0.5) is 23.7 Å². The molecule has 30 heavy (non-hydrogen) atoms. The third-order valence-corrected chi connectivity index (χ3v) is 3.99. The van der Waals surface area contributed by atoms with Gasteiger partial charge in [0.2, 0.25) is 0 Å². The van der Waals surface area contributed by atoms with Gasteiger partial charge in [0, 0.05) is 12.2 Å². The molecule has 2 aromatic carbocycles. The van der Waals surface area contributed by atoms with Gasteiger partial charge in [-0.15, -0.1) is 0 Å². The topological polar surface area (TPSA) is 93.7 Å². The monoisotopic (exact) mass is 424 g/mol. The van der Waals surface area contributed by atoms with Crippen LogP contribution in [0.15, 0.2) is 42.5 Å². The summed E-state index contributed by atoms with van der Waals surface area (Å²) >= 11 is 0. The molecule has 0 fully saturated rings. The van der Waals surface area contributed by atoms with Gasteiger partial charge in [0.25, 0.3) is 0 Å². The number of amides is 2. The molecule has 0 aliphatic rings.